The third kappa shape index (κ3) is 3.66. The standard InChI is InChI=1S/C12H18N4O2S2/c1-2-10-3-4-11(19-10)7-15-20(17,18)12-8-14-16(9-12)6-5-13/h3-4,8-9,15H,2,5-7,13H2,1H3. The minimum atomic E-state index is -3.52. The van der Waals surface area contributed by atoms with Gasteiger partial charge >= 0.3 is 0 Å². The van der Waals surface area contributed by atoms with Gasteiger partial charge in [0.15, 0.2) is 0 Å². The lowest BCUT2D eigenvalue weighted by atomic mass is 10.4. The number of aromatic nitrogens is 2. The monoisotopic (exact) mass is 314 g/mol. The molecule has 2 aromatic heterocycles. The summed E-state index contributed by atoms with van der Waals surface area (Å²) in [5.41, 5.74) is 5.40. The summed E-state index contributed by atoms with van der Waals surface area (Å²) in [4.78, 5) is 2.41. The molecule has 6 nitrogen and oxygen atoms in total. The normalized spacial score (nSPS) is 11.9. The Hall–Kier alpha value is -1.22. The number of nitrogens with one attached hydrogen (secondary N) is 1. The van der Waals surface area contributed by atoms with Crippen LogP contribution in [0, 0.1) is 0 Å². The molecular formula is C12H18N4O2S2. The first-order valence-electron chi connectivity index (χ1n) is 6.35. The van der Waals surface area contributed by atoms with Crippen molar-refractivity contribution in [3.05, 3.63) is 34.3 Å². The fourth-order valence-electron chi connectivity index (χ4n) is 1.69. The van der Waals surface area contributed by atoms with Crippen LogP contribution in [-0.4, -0.2) is 24.7 Å². The summed E-state index contributed by atoms with van der Waals surface area (Å²) in [6.07, 6.45) is 3.79. The molecule has 0 aliphatic carbocycles. The highest BCUT2D eigenvalue weighted by molar-refractivity contribution is 7.89. The summed E-state index contributed by atoms with van der Waals surface area (Å²) in [6.45, 7) is 3.30. The zero-order chi connectivity index (χ0) is 14.6. The van der Waals surface area contributed by atoms with Gasteiger partial charge in [0.1, 0.15) is 4.90 Å². The van der Waals surface area contributed by atoms with Gasteiger partial charge in [0.2, 0.25) is 10.0 Å². The number of hydrogen-bond donors (Lipinski definition) is 2. The maximum absolute atomic E-state index is 12.1. The van der Waals surface area contributed by atoms with Crippen LogP contribution in [0.1, 0.15) is 16.7 Å². The molecule has 0 amide bonds. The van der Waals surface area contributed by atoms with Crippen LogP contribution in [0.4, 0.5) is 0 Å². The van der Waals surface area contributed by atoms with Crippen LogP contribution in [0.2, 0.25) is 0 Å². The van der Waals surface area contributed by atoms with E-state index in [-0.39, 0.29) is 4.90 Å². The van der Waals surface area contributed by atoms with Crippen molar-refractivity contribution in [3.8, 4) is 0 Å². The average Bonchev–Trinajstić information content (AvgIpc) is 3.06. The predicted octanol–water partition coefficient (Wildman–Crippen LogP) is 0.944. The first-order valence-corrected chi connectivity index (χ1v) is 8.65. The van der Waals surface area contributed by atoms with E-state index in [9.17, 15) is 8.42 Å². The zero-order valence-electron chi connectivity index (χ0n) is 11.2. The topological polar surface area (TPSA) is 90.0 Å². The van der Waals surface area contributed by atoms with Crippen LogP contribution >= 0.6 is 11.3 Å². The van der Waals surface area contributed by atoms with Gasteiger partial charge in [-0.3, -0.25) is 4.68 Å². The summed E-state index contributed by atoms with van der Waals surface area (Å²) in [6, 6.07) is 3.97. The van der Waals surface area contributed by atoms with E-state index in [4.69, 9.17) is 5.73 Å². The van der Waals surface area contributed by atoms with E-state index in [1.165, 1.54) is 22.0 Å². The third-order valence-electron chi connectivity index (χ3n) is 2.78. The predicted molar refractivity (Wildman–Crippen MR) is 79.0 cm³/mol. The lowest BCUT2D eigenvalue weighted by Gasteiger charge is -2.02. The minimum absolute atomic E-state index is 0.165. The molecule has 0 bridgehead atoms. The SMILES string of the molecule is CCc1ccc(CNS(=O)(=O)c2cnn(CCN)c2)s1. The quantitative estimate of drug-likeness (QED) is 0.796. The van der Waals surface area contributed by atoms with Gasteiger partial charge in [0, 0.05) is 29.0 Å². The molecule has 0 aliphatic heterocycles. The molecule has 0 radical (unpaired) electrons. The van der Waals surface area contributed by atoms with Crippen LogP contribution < -0.4 is 10.5 Å². The van der Waals surface area contributed by atoms with E-state index in [2.05, 4.69) is 16.7 Å². The Kier molecular flexibility index (Phi) is 4.92. The van der Waals surface area contributed by atoms with Crippen molar-refractivity contribution in [1.82, 2.24) is 14.5 Å². The van der Waals surface area contributed by atoms with Crippen LogP contribution in [0.25, 0.3) is 0 Å². The van der Waals surface area contributed by atoms with E-state index in [1.807, 2.05) is 12.1 Å². The second kappa shape index (κ2) is 6.49. The maximum atomic E-state index is 12.1. The molecular weight excluding hydrogens is 296 g/mol. The van der Waals surface area contributed by atoms with Gasteiger partial charge in [-0.2, -0.15) is 5.10 Å². The van der Waals surface area contributed by atoms with Crippen LogP contribution in [0.15, 0.2) is 29.4 Å². The Labute approximate surface area is 122 Å². The first-order chi connectivity index (χ1) is 9.55. The maximum Gasteiger partial charge on any atom is 0.244 e. The summed E-state index contributed by atoms with van der Waals surface area (Å²) in [5, 5.41) is 3.96. The van der Waals surface area contributed by atoms with Crippen LogP contribution in [0.3, 0.4) is 0 Å². The molecule has 20 heavy (non-hydrogen) atoms. The molecule has 0 aromatic carbocycles. The molecule has 110 valence electrons. The van der Waals surface area contributed by atoms with Crippen molar-refractivity contribution >= 4 is 21.4 Å². The second-order valence-corrected chi connectivity index (χ2v) is 7.29. The molecule has 2 rings (SSSR count). The van der Waals surface area contributed by atoms with Crippen molar-refractivity contribution < 1.29 is 8.42 Å². The fraction of sp³-hybridized carbons (Fsp3) is 0.417. The molecule has 2 aromatic rings. The Morgan fingerprint density at radius 1 is 1.40 bits per heavy atom. The second-order valence-electron chi connectivity index (χ2n) is 4.27. The summed E-state index contributed by atoms with van der Waals surface area (Å²) >= 11 is 1.62. The Balaban J connectivity index is 2.02. The highest BCUT2D eigenvalue weighted by atomic mass is 32.2. The molecule has 2 heterocycles. The average molecular weight is 314 g/mol. The Morgan fingerprint density at radius 2 is 2.15 bits per heavy atom. The van der Waals surface area contributed by atoms with E-state index in [0.717, 1.165) is 11.3 Å². The summed E-state index contributed by atoms with van der Waals surface area (Å²) in [5.74, 6) is 0. The molecule has 0 unspecified atom stereocenters. The molecule has 8 heteroatoms. The summed E-state index contributed by atoms with van der Waals surface area (Å²) in [7, 11) is -3.52. The van der Waals surface area contributed by atoms with Crippen molar-refractivity contribution in [2.45, 2.75) is 31.3 Å². The summed E-state index contributed by atoms with van der Waals surface area (Å²) < 4.78 is 28.3. The van der Waals surface area contributed by atoms with E-state index in [0.29, 0.717) is 19.6 Å². The highest BCUT2D eigenvalue weighted by Crippen LogP contribution is 2.17. The molecule has 0 aliphatic rings. The lowest BCUT2D eigenvalue weighted by Crippen LogP contribution is -2.22. The molecule has 0 atom stereocenters. The van der Waals surface area contributed by atoms with Gasteiger partial charge in [-0.25, -0.2) is 13.1 Å². The lowest BCUT2D eigenvalue weighted by molar-refractivity contribution is 0.580. The van der Waals surface area contributed by atoms with Crippen LogP contribution in [-0.2, 0) is 29.5 Å². The van der Waals surface area contributed by atoms with Gasteiger partial charge in [-0.15, -0.1) is 11.3 Å². The van der Waals surface area contributed by atoms with Crippen molar-refractivity contribution in [2.24, 2.45) is 5.73 Å². The number of thiophene rings is 1. The third-order valence-corrected chi connectivity index (χ3v) is 5.37. The number of sulfonamides is 1. The van der Waals surface area contributed by atoms with E-state index in [1.54, 1.807) is 11.3 Å². The zero-order valence-corrected chi connectivity index (χ0v) is 12.9. The Morgan fingerprint density at radius 3 is 2.80 bits per heavy atom. The van der Waals surface area contributed by atoms with Crippen molar-refractivity contribution in [3.63, 3.8) is 0 Å². The molecule has 0 spiro atoms. The molecule has 0 saturated heterocycles. The fourth-order valence-corrected chi connectivity index (χ4v) is 3.64. The number of nitrogens with zero attached hydrogens (tertiary/aromatic N) is 2. The highest BCUT2D eigenvalue weighted by Gasteiger charge is 2.16. The van der Waals surface area contributed by atoms with Gasteiger partial charge in [-0.05, 0) is 18.6 Å². The number of hydrogen-bond acceptors (Lipinski definition) is 5. The smallest absolute Gasteiger partial charge is 0.244 e. The van der Waals surface area contributed by atoms with Gasteiger partial charge in [0.25, 0.3) is 0 Å². The largest absolute Gasteiger partial charge is 0.329 e. The first kappa shape index (κ1) is 15.2. The number of nitrogens with two attached hydrogens (primary N) is 1. The van der Waals surface area contributed by atoms with E-state index >= 15 is 0 Å². The number of aryl methyl sites for hydroxylation is 1. The van der Waals surface area contributed by atoms with Crippen molar-refractivity contribution in [2.75, 3.05) is 6.54 Å². The van der Waals surface area contributed by atoms with Crippen LogP contribution in [0.5, 0.6) is 0 Å². The van der Waals surface area contributed by atoms with Gasteiger partial charge in [0.05, 0.1) is 12.7 Å². The minimum Gasteiger partial charge on any atom is -0.329 e. The van der Waals surface area contributed by atoms with Crippen molar-refractivity contribution in [1.29, 1.82) is 0 Å². The number of rotatable bonds is 7. The van der Waals surface area contributed by atoms with E-state index < -0.39 is 10.0 Å². The molecule has 3 N–H and O–H groups in total. The van der Waals surface area contributed by atoms with Gasteiger partial charge in [-0.1, -0.05) is 6.92 Å². The Bertz CT molecular complexity index is 661. The molecule has 0 fully saturated rings. The van der Waals surface area contributed by atoms with Gasteiger partial charge < -0.3 is 5.73 Å². The molecule has 0 saturated carbocycles.